The Labute approximate surface area is 159 Å². The van der Waals surface area contributed by atoms with Gasteiger partial charge in [0.15, 0.2) is 0 Å². The highest BCUT2D eigenvalue weighted by Gasteiger charge is 2.22. The van der Waals surface area contributed by atoms with E-state index in [1.165, 1.54) is 0 Å². The van der Waals surface area contributed by atoms with E-state index in [1.807, 2.05) is 36.4 Å². The van der Waals surface area contributed by atoms with Crippen LogP contribution in [0.3, 0.4) is 0 Å². The zero-order chi connectivity index (χ0) is 19.5. The number of para-hydroxylation sites is 3. The largest absolute Gasteiger partial charge is 0.394 e. The second kappa shape index (κ2) is 7.45. The molecule has 0 bridgehead atoms. The molecule has 0 spiro atoms. The van der Waals surface area contributed by atoms with Crippen LogP contribution in [-0.4, -0.2) is 44.5 Å². The maximum absolute atomic E-state index is 12.5. The molecule has 0 aliphatic rings. The average Bonchev–Trinajstić information content (AvgIpc) is 3.13. The highest BCUT2D eigenvalue weighted by Crippen LogP contribution is 2.14. The predicted molar refractivity (Wildman–Crippen MR) is 105 cm³/mol. The second-order valence-corrected chi connectivity index (χ2v) is 6.19. The fourth-order valence-corrected chi connectivity index (χ4v) is 2.83. The van der Waals surface area contributed by atoms with Crippen LogP contribution in [0.15, 0.2) is 60.7 Å². The minimum Gasteiger partial charge on any atom is -0.394 e. The summed E-state index contributed by atoms with van der Waals surface area (Å²) in [7, 11) is 0. The number of rotatable bonds is 5. The van der Waals surface area contributed by atoms with E-state index in [-0.39, 0.29) is 11.6 Å². The molecule has 0 fully saturated rings. The lowest BCUT2D eigenvalue weighted by atomic mass is 10.2. The second-order valence-electron chi connectivity index (χ2n) is 6.19. The van der Waals surface area contributed by atoms with Gasteiger partial charge >= 0.3 is 0 Å². The first-order chi connectivity index (χ1) is 13.6. The Hall–Kier alpha value is -3.78. The number of nitrogens with one attached hydrogen (secondary N) is 3. The number of pyridine rings is 1. The van der Waals surface area contributed by atoms with Crippen molar-refractivity contribution in [3.63, 3.8) is 0 Å². The van der Waals surface area contributed by atoms with E-state index >= 15 is 0 Å². The molecule has 2 aromatic carbocycles. The highest BCUT2D eigenvalue weighted by molar-refractivity contribution is 6.01. The van der Waals surface area contributed by atoms with Gasteiger partial charge in [0.25, 0.3) is 11.8 Å². The van der Waals surface area contributed by atoms with Gasteiger partial charge < -0.3 is 15.4 Å². The van der Waals surface area contributed by atoms with Crippen molar-refractivity contribution in [2.75, 3.05) is 11.9 Å². The Balaban J connectivity index is 1.47. The van der Waals surface area contributed by atoms with Gasteiger partial charge in [-0.2, -0.15) is 0 Å². The van der Waals surface area contributed by atoms with Crippen LogP contribution in [0.4, 0.5) is 5.95 Å². The van der Waals surface area contributed by atoms with E-state index in [9.17, 15) is 14.7 Å². The molecule has 0 unspecified atom stereocenters. The summed E-state index contributed by atoms with van der Waals surface area (Å²) in [5.74, 6) is -0.900. The SMILES string of the molecule is O=C(N[C@@H](CO)C(=O)Nc1nc2ccccc2[nH]1)c1ccc2ccccc2n1. The molecule has 4 rings (SSSR count). The van der Waals surface area contributed by atoms with Crippen LogP contribution >= 0.6 is 0 Å². The number of benzene rings is 2. The molecule has 2 aromatic heterocycles. The normalized spacial score (nSPS) is 12.0. The molecule has 28 heavy (non-hydrogen) atoms. The third-order valence-electron chi connectivity index (χ3n) is 4.27. The summed E-state index contributed by atoms with van der Waals surface area (Å²) < 4.78 is 0. The number of hydrogen-bond acceptors (Lipinski definition) is 5. The number of H-pyrrole nitrogens is 1. The fraction of sp³-hybridized carbons (Fsp3) is 0.100. The minimum atomic E-state index is -1.14. The molecule has 140 valence electrons. The molecule has 0 radical (unpaired) electrons. The Morgan fingerprint density at radius 1 is 0.964 bits per heavy atom. The topological polar surface area (TPSA) is 120 Å². The van der Waals surface area contributed by atoms with Gasteiger partial charge in [-0.1, -0.05) is 36.4 Å². The van der Waals surface area contributed by atoms with Crippen molar-refractivity contribution in [1.82, 2.24) is 20.3 Å². The first-order valence-electron chi connectivity index (χ1n) is 8.67. The summed E-state index contributed by atoms with van der Waals surface area (Å²) in [5.41, 5.74) is 2.29. The maximum atomic E-state index is 12.5. The molecule has 0 aliphatic carbocycles. The number of aromatic nitrogens is 3. The highest BCUT2D eigenvalue weighted by atomic mass is 16.3. The molecule has 1 atom stereocenters. The molecule has 2 amide bonds. The number of nitrogens with zero attached hydrogens (tertiary/aromatic N) is 2. The van der Waals surface area contributed by atoms with E-state index in [4.69, 9.17) is 0 Å². The first kappa shape index (κ1) is 17.6. The summed E-state index contributed by atoms with van der Waals surface area (Å²) >= 11 is 0. The van der Waals surface area contributed by atoms with Crippen LogP contribution in [0, 0.1) is 0 Å². The molecular weight excluding hydrogens is 358 g/mol. The van der Waals surface area contributed by atoms with Crippen LogP contribution in [0.25, 0.3) is 21.9 Å². The average molecular weight is 375 g/mol. The maximum Gasteiger partial charge on any atom is 0.270 e. The number of hydrogen-bond donors (Lipinski definition) is 4. The van der Waals surface area contributed by atoms with E-state index < -0.39 is 24.5 Å². The smallest absolute Gasteiger partial charge is 0.270 e. The summed E-state index contributed by atoms with van der Waals surface area (Å²) in [4.78, 5) is 36.4. The number of carbonyl (C=O) groups excluding carboxylic acids is 2. The number of aliphatic hydroxyl groups is 1. The Bertz CT molecular complexity index is 1140. The monoisotopic (exact) mass is 375 g/mol. The Morgan fingerprint density at radius 3 is 2.50 bits per heavy atom. The van der Waals surface area contributed by atoms with Crippen molar-refractivity contribution in [3.05, 3.63) is 66.4 Å². The van der Waals surface area contributed by atoms with Crippen molar-refractivity contribution < 1.29 is 14.7 Å². The van der Waals surface area contributed by atoms with Gasteiger partial charge in [-0.05, 0) is 24.3 Å². The molecule has 2 heterocycles. The van der Waals surface area contributed by atoms with E-state index in [1.54, 1.807) is 24.3 Å². The van der Waals surface area contributed by atoms with E-state index in [0.717, 1.165) is 10.9 Å². The standard InChI is InChI=1S/C20H17N5O3/c26-11-17(19(28)25-20-23-14-7-3-4-8-15(14)24-20)22-18(27)16-10-9-12-5-1-2-6-13(12)21-16/h1-10,17,26H,11H2,(H,22,27)(H2,23,24,25,28)/t17-/m0/s1. The summed E-state index contributed by atoms with van der Waals surface area (Å²) in [6.45, 7) is -0.564. The van der Waals surface area contributed by atoms with Gasteiger partial charge in [-0.25, -0.2) is 9.97 Å². The van der Waals surface area contributed by atoms with Gasteiger partial charge in [-0.3, -0.25) is 14.9 Å². The third-order valence-corrected chi connectivity index (χ3v) is 4.27. The van der Waals surface area contributed by atoms with Gasteiger partial charge in [0, 0.05) is 5.39 Å². The molecular formula is C20H17N5O3. The predicted octanol–water partition coefficient (Wildman–Crippen LogP) is 1.84. The molecule has 0 saturated heterocycles. The van der Waals surface area contributed by atoms with Gasteiger partial charge in [0.05, 0.1) is 23.2 Å². The van der Waals surface area contributed by atoms with Gasteiger partial charge in [-0.15, -0.1) is 0 Å². The zero-order valence-electron chi connectivity index (χ0n) is 14.7. The van der Waals surface area contributed by atoms with Crippen LogP contribution in [0.2, 0.25) is 0 Å². The summed E-state index contributed by atoms with van der Waals surface area (Å²) in [6.07, 6.45) is 0. The molecule has 4 N–H and O–H groups in total. The Kier molecular flexibility index (Phi) is 4.69. The first-order valence-corrected chi connectivity index (χ1v) is 8.67. The van der Waals surface area contributed by atoms with E-state index in [2.05, 4.69) is 25.6 Å². The number of aromatic amines is 1. The van der Waals surface area contributed by atoms with Crippen molar-refractivity contribution in [2.24, 2.45) is 0 Å². The summed E-state index contributed by atoms with van der Waals surface area (Å²) in [6, 6.07) is 16.9. The fourth-order valence-electron chi connectivity index (χ4n) is 2.83. The number of fused-ring (bicyclic) bond motifs is 2. The molecule has 4 aromatic rings. The zero-order valence-corrected chi connectivity index (χ0v) is 14.7. The number of anilines is 1. The quantitative estimate of drug-likeness (QED) is 0.424. The van der Waals surface area contributed by atoms with Crippen molar-refractivity contribution in [1.29, 1.82) is 0 Å². The lowest BCUT2D eigenvalue weighted by molar-refractivity contribution is -0.118. The minimum absolute atomic E-state index is 0.161. The number of imidazole rings is 1. The Morgan fingerprint density at radius 2 is 1.71 bits per heavy atom. The van der Waals surface area contributed by atoms with Gasteiger partial charge in [0.1, 0.15) is 11.7 Å². The number of carbonyl (C=O) groups is 2. The van der Waals surface area contributed by atoms with Crippen LogP contribution < -0.4 is 10.6 Å². The van der Waals surface area contributed by atoms with E-state index in [0.29, 0.717) is 11.0 Å². The lowest BCUT2D eigenvalue weighted by Crippen LogP contribution is -2.46. The van der Waals surface area contributed by atoms with Crippen LogP contribution in [-0.2, 0) is 4.79 Å². The van der Waals surface area contributed by atoms with Crippen molar-refractivity contribution >= 4 is 39.7 Å². The molecule has 0 aliphatic heterocycles. The van der Waals surface area contributed by atoms with Crippen LogP contribution in [0.5, 0.6) is 0 Å². The molecule has 8 heteroatoms. The van der Waals surface area contributed by atoms with Gasteiger partial charge in [0.2, 0.25) is 5.95 Å². The van der Waals surface area contributed by atoms with Crippen molar-refractivity contribution in [2.45, 2.75) is 6.04 Å². The number of amides is 2. The summed E-state index contributed by atoms with van der Waals surface area (Å²) in [5, 5.41) is 15.5. The van der Waals surface area contributed by atoms with Crippen molar-refractivity contribution in [3.8, 4) is 0 Å². The molecule has 0 saturated carbocycles. The molecule has 8 nitrogen and oxygen atoms in total. The third kappa shape index (κ3) is 3.53. The number of aliphatic hydroxyl groups excluding tert-OH is 1. The van der Waals surface area contributed by atoms with Crippen LogP contribution in [0.1, 0.15) is 10.5 Å². The lowest BCUT2D eigenvalue weighted by Gasteiger charge is -2.15.